The van der Waals surface area contributed by atoms with Gasteiger partial charge in [-0.05, 0) is 67.1 Å². The van der Waals surface area contributed by atoms with E-state index in [1.54, 1.807) is 67.6 Å². The zero-order valence-corrected chi connectivity index (χ0v) is 19.6. The summed E-state index contributed by atoms with van der Waals surface area (Å²) < 4.78 is 33.3. The van der Waals surface area contributed by atoms with Crippen LogP contribution in [0.3, 0.4) is 0 Å². The van der Waals surface area contributed by atoms with Gasteiger partial charge in [0, 0.05) is 10.0 Å². The first-order valence-corrected chi connectivity index (χ1v) is 12.0. The number of carbonyl (C=O) groups is 1. The van der Waals surface area contributed by atoms with Crippen LogP contribution in [0.4, 0.5) is 5.69 Å². The fourth-order valence-electron chi connectivity index (χ4n) is 2.99. The van der Waals surface area contributed by atoms with Crippen LogP contribution >= 0.6 is 23.2 Å². The summed E-state index contributed by atoms with van der Waals surface area (Å²) in [7, 11) is -3.98. The van der Waals surface area contributed by atoms with E-state index in [2.05, 4.69) is 5.32 Å². The van der Waals surface area contributed by atoms with Gasteiger partial charge in [0.05, 0.1) is 17.1 Å². The lowest BCUT2D eigenvalue weighted by Crippen LogP contribution is -2.42. The molecule has 0 saturated heterocycles. The lowest BCUT2D eigenvalue weighted by atomic mass is 10.2. The molecule has 0 atom stereocenters. The summed E-state index contributed by atoms with van der Waals surface area (Å²) in [4.78, 5) is 12.7. The number of aryl methyl sites for hydroxylation is 1. The van der Waals surface area contributed by atoms with E-state index in [1.165, 1.54) is 12.1 Å². The van der Waals surface area contributed by atoms with E-state index in [9.17, 15) is 13.2 Å². The van der Waals surface area contributed by atoms with Crippen LogP contribution in [0.15, 0.2) is 77.7 Å². The van der Waals surface area contributed by atoms with Crippen molar-refractivity contribution in [3.63, 3.8) is 0 Å². The molecule has 1 amide bonds. The van der Waals surface area contributed by atoms with Crippen LogP contribution < -0.4 is 14.4 Å². The van der Waals surface area contributed by atoms with E-state index in [4.69, 9.17) is 27.9 Å². The highest BCUT2D eigenvalue weighted by Gasteiger charge is 2.28. The number of nitrogens with zero attached hydrogens (tertiary/aromatic N) is 1. The van der Waals surface area contributed by atoms with Gasteiger partial charge in [-0.15, -0.1) is 0 Å². The maximum Gasteiger partial charge on any atom is 0.264 e. The molecular formula is C23H22Cl2N2O4S. The lowest BCUT2D eigenvalue weighted by Gasteiger charge is -2.25. The van der Waals surface area contributed by atoms with Gasteiger partial charge in [0.25, 0.3) is 10.0 Å². The van der Waals surface area contributed by atoms with Crippen LogP contribution in [0.5, 0.6) is 5.75 Å². The number of hydrogen-bond acceptors (Lipinski definition) is 4. The minimum atomic E-state index is -3.98. The fourth-order valence-corrected chi connectivity index (χ4v) is 4.85. The van der Waals surface area contributed by atoms with Crippen molar-refractivity contribution in [1.82, 2.24) is 5.32 Å². The highest BCUT2D eigenvalue weighted by Crippen LogP contribution is 2.28. The number of amides is 1. The number of carbonyl (C=O) groups excluding carboxylic acids is 1. The van der Waals surface area contributed by atoms with Crippen LogP contribution in [0.25, 0.3) is 0 Å². The average Bonchev–Trinajstić information content (AvgIpc) is 2.77. The third-order valence-electron chi connectivity index (χ3n) is 4.55. The Morgan fingerprint density at radius 3 is 2.28 bits per heavy atom. The zero-order chi connectivity index (χ0) is 23.1. The number of nitrogens with one attached hydrogen (secondary N) is 1. The van der Waals surface area contributed by atoms with Crippen molar-refractivity contribution in [3.8, 4) is 5.75 Å². The maximum absolute atomic E-state index is 13.3. The molecule has 9 heteroatoms. The van der Waals surface area contributed by atoms with Gasteiger partial charge < -0.3 is 10.1 Å². The molecule has 0 aliphatic carbocycles. The second-order valence-corrected chi connectivity index (χ2v) is 9.64. The van der Waals surface area contributed by atoms with Crippen LogP contribution in [-0.2, 0) is 14.8 Å². The summed E-state index contributed by atoms with van der Waals surface area (Å²) in [6.07, 6.45) is 0. The number of ether oxygens (including phenoxy) is 1. The minimum absolute atomic E-state index is 0.0909. The van der Waals surface area contributed by atoms with Crippen LogP contribution in [0.1, 0.15) is 5.56 Å². The number of halogens is 2. The Labute approximate surface area is 197 Å². The van der Waals surface area contributed by atoms with Crippen molar-refractivity contribution >= 4 is 44.8 Å². The second-order valence-electron chi connectivity index (χ2n) is 6.91. The Morgan fingerprint density at radius 2 is 1.62 bits per heavy atom. The average molecular weight is 493 g/mol. The molecule has 0 fully saturated rings. The van der Waals surface area contributed by atoms with Gasteiger partial charge in [-0.1, -0.05) is 41.4 Å². The lowest BCUT2D eigenvalue weighted by molar-refractivity contribution is -0.119. The maximum atomic E-state index is 13.3. The Kier molecular flexibility index (Phi) is 8.01. The quantitative estimate of drug-likeness (QED) is 0.439. The second kappa shape index (κ2) is 10.7. The van der Waals surface area contributed by atoms with Crippen molar-refractivity contribution in [2.75, 3.05) is 24.0 Å². The van der Waals surface area contributed by atoms with E-state index in [-0.39, 0.29) is 24.6 Å². The zero-order valence-electron chi connectivity index (χ0n) is 17.3. The normalized spacial score (nSPS) is 11.1. The Hall–Kier alpha value is -2.74. The summed E-state index contributed by atoms with van der Waals surface area (Å²) >= 11 is 11.9. The summed E-state index contributed by atoms with van der Waals surface area (Å²) in [5, 5.41) is 3.78. The van der Waals surface area contributed by atoms with Gasteiger partial charge in [0.2, 0.25) is 5.91 Å². The number of rotatable bonds is 9. The molecule has 3 aromatic carbocycles. The Bertz CT molecular complexity index is 1170. The van der Waals surface area contributed by atoms with Crippen LogP contribution in [0.2, 0.25) is 10.0 Å². The molecule has 0 aliphatic rings. The smallest absolute Gasteiger partial charge is 0.264 e. The van der Waals surface area contributed by atoms with Crippen molar-refractivity contribution in [1.29, 1.82) is 0 Å². The molecule has 0 unspecified atom stereocenters. The molecule has 3 rings (SSSR count). The third kappa shape index (κ3) is 6.16. The highest BCUT2D eigenvalue weighted by molar-refractivity contribution is 7.92. The van der Waals surface area contributed by atoms with Crippen molar-refractivity contribution in [2.45, 2.75) is 11.8 Å². The molecule has 1 N–H and O–H groups in total. The molecule has 0 spiro atoms. The molecule has 0 bridgehead atoms. The van der Waals surface area contributed by atoms with E-state index >= 15 is 0 Å². The molecule has 3 aromatic rings. The van der Waals surface area contributed by atoms with Crippen LogP contribution in [-0.4, -0.2) is 34.0 Å². The van der Waals surface area contributed by atoms with Gasteiger partial charge in [0.1, 0.15) is 18.9 Å². The molecule has 32 heavy (non-hydrogen) atoms. The molecule has 0 aliphatic heterocycles. The number of hydrogen-bond donors (Lipinski definition) is 1. The van der Waals surface area contributed by atoms with E-state index in [0.717, 1.165) is 4.31 Å². The van der Waals surface area contributed by atoms with E-state index in [1.807, 2.05) is 0 Å². The Balaban J connectivity index is 1.72. The number of benzene rings is 3. The first kappa shape index (κ1) is 23.9. The van der Waals surface area contributed by atoms with Gasteiger partial charge in [-0.25, -0.2) is 8.42 Å². The molecule has 0 aromatic heterocycles. The van der Waals surface area contributed by atoms with Gasteiger partial charge in [-0.2, -0.15) is 0 Å². The van der Waals surface area contributed by atoms with E-state index in [0.29, 0.717) is 27.0 Å². The van der Waals surface area contributed by atoms with Crippen LogP contribution in [0, 0.1) is 6.92 Å². The molecule has 0 radical (unpaired) electrons. The van der Waals surface area contributed by atoms with Crippen molar-refractivity contribution < 1.29 is 17.9 Å². The van der Waals surface area contributed by atoms with Gasteiger partial charge >= 0.3 is 0 Å². The summed E-state index contributed by atoms with van der Waals surface area (Å²) in [6, 6.07) is 19.7. The summed E-state index contributed by atoms with van der Waals surface area (Å²) in [5.41, 5.74) is 1.02. The molecule has 0 saturated carbocycles. The summed E-state index contributed by atoms with van der Waals surface area (Å²) in [6.45, 7) is 1.78. The topological polar surface area (TPSA) is 75.7 Å². The number of anilines is 1. The highest BCUT2D eigenvalue weighted by atomic mass is 35.5. The standard InChI is InChI=1S/C23H22Cl2N2O4S/c1-17-15-19(25)9-12-22(17)27(32(29,30)21-5-3-2-4-6-21)16-23(28)26-13-14-31-20-10-7-18(24)8-11-20/h2-12,15H,13-14,16H2,1H3,(H,26,28). The molecular weight excluding hydrogens is 471 g/mol. The van der Waals surface area contributed by atoms with Crippen molar-refractivity contribution in [3.05, 3.63) is 88.4 Å². The third-order valence-corrected chi connectivity index (χ3v) is 6.81. The van der Waals surface area contributed by atoms with Crippen molar-refractivity contribution in [2.24, 2.45) is 0 Å². The molecule has 6 nitrogen and oxygen atoms in total. The summed E-state index contributed by atoms with van der Waals surface area (Å²) in [5.74, 6) is 0.160. The monoisotopic (exact) mass is 492 g/mol. The minimum Gasteiger partial charge on any atom is -0.492 e. The van der Waals surface area contributed by atoms with E-state index < -0.39 is 15.9 Å². The Morgan fingerprint density at radius 1 is 0.969 bits per heavy atom. The first-order valence-electron chi connectivity index (χ1n) is 9.76. The SMILES string of the molecule is Cc1cc(Cl)ccc1N(CC(=O)NCCOc1ccc(Cl)cc1)S(=O)(=O)c1ccccc1. The van der Waals surface area contributed by atoms with Gasteiger partial charge in [0.15, 0.2) is 0 Å². The predicted octanol–water partition coefficient (Wildman–Crippen LogP) is 4.69. The number of sulfonamides is 1. The fraction of sp³-hybridized carbons (Fsp3) is 0.174. The first-order chi connectivity index (χ1) is 15.3. The van der Waals surface area contributed by atoms with Gasteiger partial charge in [-0.3, -0.25) is 9.10 Å². The largest absolute Gasteiger partial charge is 0.492 e. The predicted molar refractivity (Wildman–Crippen MR) is 127 cm³/mol. The molecule has 0 heterocycles. The molecule has 168 valence electrons.